The number of aromatic amines is 1. The quantitative estimate of drug-likeness (QED) is 0.464. The number of amides is 1. The Morgan fingerprint density at radius 3 is 2.56 bits per heavy atom. The molecule has 36 heavy (non-hydrogen) atoms. The number of methoxy groups -OCH3 is 1. The number of nitrogens with one attached hydrogen (secondary N) is 1. The van der Waals surface area contributed by atoms with Gasteiger partial charge in [-0.2, -0.15) is 0 Å². The lowest BCUT2D eigenvalue weighted by Gasteiger charge is -2.54. The van der Waals surface area contributed by atoms with Gasteiger partial charge >= 0.3 is 0 Å². The highest BCUT2D eigenvalue weighted by molar-refractivity contribution is 5.87. The van der Waals surface area contributed by atoms with E-state index in [4.69, 9.17) is 10.5 Å². The number of aromatic nitrogens is 1. The molecular weight excluding hydrogens is 448 g/mol. The van der Waals surface area contributed by atoms with Crippen molar-refractivity contribution >= 4 is 16.8 Å². The molecule has 0 spiro atoms. The molecule has 0 aliphatic heterocycles. The number of aryl methyl sites for hydroxylation is 2. The van der Waals surface area contributed by atoms with Crippen molar-refractivity contribution < 1.29 is 9.53 Å². The van der Waals surface area contributed by atoms with Crippen LogP contribution in [0.15, 0.2) is 47.3 Å². The molecule has 3 aromatic rings. The van der Waals surface area contributed by atoms with E-state index < -0.39 is 0 Å². The second-order valence-corrected chi connectivity index (χ2v) is 11.4. The first kappa shape index (κ1) is 26.0. The van der Waals surface area contributed by atoms with Gasteiger partial charge in [0.2, 0.25) is 11.5 Å². The van der Waals surface area contributed by atoms with Crippen LogP contribution >= 0.6 is 0 Å². The molecule has 5 rings (SSSR count). The zero-order chi connectivity index (χ0) is 26.3. The number of hydrogen-bond donors (Lipinski definition) is 2. The normalized spacial score (nSPS) is 24.9. The van der Waals surface area contributed by atoms with Gasteiger partial charge in [0.25, 0.3) is 0 Å². The van der Waals surface area contributed by atoms with E-state index >= 15 is 0 Å². The first-order valence-electron chi connectivity index (χ1n) is 13.1. The molecule has 1 aromatic heterocycles. The fourth-order valence-corrected chi connectivity index (χ4v) is 6.76. The van der Waals surface area contributed by atoms with E-state index in [2.05, 4.69) is 50.9 Å². The number of carbonyl (C=O) groups excluding carboxylic acids is 1. The molecule has 192 valence electrons. The van der Waals surface area contributed by atoms with Crippen LogP contribution in [-0.2, 0) is 16.6 Å². The average Bonchev–Trinajstić information content (AvgIpc) is 2.83. The SMILES string of the molecule is CC(C)c1ccc2c(c1)CCC1C(C)(C(N)=O)CCCC21C.COc1cccc2c(C)cc(=O)[nH]c12. The van der Waals surface area contributed by atoms with Crippen molar-refractivity contribution in [3.63, 3.8) is 0 Å². The third kappa shape index (κ3) is 4.44. The maximum Gasteiger partial charge on any atom is 0.248 e. The number of ether oxygens (including phenoxy) is 1. The Balaban J connectivity index is 0.000000187. The van der Waals surface area contributed by atoms with Crippen molar-refractivity contribution in [1.29, 1.82) is 0 Å². The molecule has 0 bridgehead atoms. The van der Waals surface area contributed by atoms with Crippen LogP contribution in [0, 0.1) is 18.3 Å². The first-order chi connectivity index (χ1) is 17.0. The fourth-order valence-electron chi connectivity index (χ4n) is 6.76. The van der Waals surface area contributed by atoms with Crippen molar-refractivity contribution in [2.45, 2.75) is 78.1 Å². The van der Waals surface area contributed by atoms with Gasteiger partial charge in [-0.15, -0.1) is 0 Å². The summed E-state index contributed by atoms with van der Waals surface area (Å²) in [5, 5.41) is 1.02. The molecule has 3 atom stereocenters. The fraction of sp³-hybridized carbons (Fsp3) is 0.484. The van der Waals surface area contributed by atoms with Crippen LogP contribution in [0.5, 0.6) is 5.75 Å². The topological polar surface area (TPSA) is 85.2 Å². The number of primary amides is 1. The molecule has 2 aromatic carbocycles. The second-order valence-electron chi connectivity index (χ2n) is 11.4. The van der Waals surface area contributed by atoms with Gasteiger partial charge in [0, 0.05) is 16.9 Å². The Bertz CT molecular complexity index is 1340. The molecule has 3 unspecified atom stereocenters. The average molecular weight is 489 g/mol. The van der Waals surface area contributed by atoms with E-state index in [0.717, 1.165) is 42.1 Å². The van der Waals surface area contributed by atoms with Crippen LogP contribution in [0.3, 0.4) is 0 Å². The molecule has 2 aliphatic rings. The lowest BCUT2D eigenvalue weighted by molar-refractivity contribution is -0.135. The minimum atomic E-state index is -0.346. The lowest BCUT2D eigenvalue weighted by Crippen LogP contribution is -2.54. The van der Waals surface area contributed by atoms with E-state index in [9.17, 15) is 9.59 Å². The van der Waals surface area contributed by atoms with E-state index in [0.29, 0.717) is 17.6 Å². The van der Waals surface area contributed by atoms with Crippen molar-refractivity contribution in [3.05, 3.63) is 75.1 Å². The highest BCUT2D eigenvalue weighted by Gasteiger charge is 2.54. The van der Waals surface area contributed by atoms with Crippen molar-refractivity contribution in [1.82, 2.24) is 4.98 Å². The van der Waals surface area contributed by atoms with Crippen molar-refractivity contribution in [2.24, 2.45) is 17.1 Å². The molecule has 1 amide bonds. The highest BCUT2D eigenvalue weighted by Crippen LogP contribution is 2.57. The Hall–Kier alpha value is -3.08. The number of H-pyrrole nitrogens is 1. The number of hydrogen-bond acceptors (Lipinski definition) is 3. The standard InChI is InChI=1S/C20H29NO.C11H11NO2/c1-13(2)14-6-8-16-15(12-14)7-9-17-19(16,3)10-5-11-20(17,4)18(21)22;1-7-6-10(13)12-11-8(7)4-3-5-9(11)14-2/h6,8,12-13,17H,5,7,9-11H2,1-4H3,(H2,21,22);3-6H,1-2H3,(H,12,13). The molecule has 5 heteroatoms. The van der Waals surface area contributed by atoms with Gasteiger partial charge in [-0.1, -0.05) is 64.4 Å². The van der Waals surface area contributed by atoms with Crippen LogP contribution in [0.25, 0.3) is 10.9 Å². The maximum absolute atomic E-state index is 12.2. The minimum absolute atomic E-state index is 0.0977. The summed E-state index contributed by atoms with van der Waals surface area (Å²) in [6.07, 6.45) is 5.39. The monoisotopic (exact) mass is 488 g/mol. The summed E-state index contributed by atoms with van der Waals surface area (Å²) >= 11 is 0. The predicted octanol–water partition coefficient (Wildman–Crippen LogP) is 6.15. The summed E-state index contributed by atoms with van der Waals surface area (Å²) in [7, 11) is 1.59. The number of fused-ring (bicyclic) bond motifs is 4. The van der Waals surface area contributed by atoms with Gasteiger partial charge in [0.15, 0.2) is 0 Å². The molecule has 3 N–H and O–H groups in total. The van der Waals surface area contributed by atoms with Gasteiger partial charge in [-0.05, 0) is 78.2 Å². The Morgan fingerprint density at radius 1 is 1.14 bits per heavy atom. The molecule has 5 nitrogen and oxygen atoms in total. The van der Waals surface area contributed by atoms with Crippen LogP contribution in [0.2, 0.25) is 0 Å². The summed E-state index contributed by atoms with van der Waals surface area (Å²) < 4.78 is 5.17. The Labute approximate surface area is 214 Å². The Morgan fingerprint density at radius 2 is 1.89 bits per heavy atom. The van der Waals surface area contributed by atoms with Gasteiger partial charge in [0.05, 0.1) is 12.6 Å². The maximum atomic E-state index is 12.2. The van der Waals surface area contributed by atoms with E-state index in [1.807, 2.05) is 25.1 Å². The molecule has 1 saturated carbocycles. The number of pyridine rings is 1. The third-order valence-electron chi connectivity index (χ3n) is 8.87. The smallest absolute Gasteiger partial charge is 0.248 e. The van der Waals surface area contributed by atoms with Crippen LogP contribution in [0.4, 0.5) is 0 Å². The van der Waals surface area contributed by atoms with Crippen LogP contribution in [-0.4, -0.2) is 18.0 Å². The Kier molecular flexibility index (Phi) is 7.05. The molecular formula is C31H40N2O3. The number of rotatable bonds is 3. The van der Waals surface area contributed by atoms with Crippen molar-refractivity contribution in [3.8, 4) is 5.75 Å². The van der Waals surface area contributed by atoms with Crippen molar-refractivity contribution in [2.75, 3.05) is 7.11 Å². The van der Waals surface area contributed by atoms with E-state index in [-0.39, 0.29) is 22.3 Å². The number of nitrogens with two attached hydrogens (primary N) is 1. The third-order valence-corrected chi connectivity index (χ3v) is 8.87. The minimum Gasteiger partial charge on any atom is -0.495 e. The zero-order valence-corrected chi connectivity index (χ0v) is 22.5. The van der Waals surface area contributed by atoms with E-state index in [1.165, 1.54) is 23.1 Å². The van der Waals surface area contributed by atoms with Gasteiger partial charge in [0.1, 0.15) is 5.75 Å². The molecule has 2 aliphatic carbocycles. The van der Waals surface area contributed by atoms with Crippen LogP contribution in [0.1, 0.15) is 81.5 Å². The van der Waals surface area contributed by atoms with Gasteiger partial charge < -0.3 is 15.5 Å². The van der Waals surface area contributed by atoms with Gasteiger partial charge in [-0.25, -0.2) is 0 Å². The van der Waals surface area contributed by atoms with Crippen LogP contribution < -0.4 is 16.0 Å². The molecule has 1 heterocycles. The lowest BCUT2D eigenvalue weighted by atomic mass is 9.49. The zero-order valence-electron chi connectivity index (χ0n) is 22.5. The molecule has 0 radical (unpaired) electrons. The summed E-state index contributed by atoms with van der Waals surface area (Å²) in [5.74, 6) is 1.54. The molecule has 0 saturated heterocycles. The summed E-state index contributed by atoms with van der Waals surface area (Å²) in [6, 6.07) is 14.3. The van der Waals surface area contributed by atoms with E-state index in [1.54, 1.807) is 13.2 Å². The van der Waals surface area contributed by atoms with Gasteiger partial charge in [-0.3, -0.25) is 9.59 Å². The highest BCUT2D eigenvalue weighted by atomic mass is 16.5. The number of carbonyl (C=O) groups is 1. The second kappa shape index (κ2) is 9.76. The summed E-state index contributed by atoms with van der Waals surface area (Å²) in [6.45, 7) is 10.9. The predicted molar refractivity (Wildman–Crippen MR) is 147 cm³/mol. The number of para-hydroxylation sites is 1. The summed E-state index contributed by atoms with van der Waals surface area (Å²) in [4.78, 5) is 26.2. The summed E-state index contributed by atoms with van der Waals surface area (Å²) in [5.41, 5.74) is 11.6. The molecule has 1 fully saturated rings. The largest absolute Gasteiger partial charge is 0.495 e. The number of benzene rings is 2. The first-order valence-corrected chi connectivity index (χ1v) is 13.1.